The molecule has 0 aliphatic carbocycles. The Morgan fingerprint density at radius 1 is 1.39 bits per heavy atom. The van der Waals surface area contributed by atoms with Crippen LogP contribution >= 0.6 is 11.6 Å². The molecular weight excluding hydrogens is 252 g/mol. The van der Waals surface area contributed by atoms with Crippen LogP contribution < -0.4 is 5.73 Å². The minimum absolute atomic E-state index is 0.489. The van der Waals surface area contributed by atoms with Crippen molar-refractivity contribution in [3.63, 3.8) is 0 Å². The summed E-state index contributed by atoms with van der Waals surface area (Å²) in [5.41, 5.74) is 7.60. The zero-order valence-corrected chi connectivity index (χ0v) is 10.3. The number of aromatic nitrogens is 3. The predicted octanol–water partition coefficient (Wildman–Crippen LogP) is 2.30. The number of oxazole rings is 1. The zero-order chi connectivity index (χ0) is 12.5. The lowest BCUT2D eigenvalue weighted by atomic mass is 10.3. The third kappa shape index (κ3) is 1.98. The van der Waals surface area contributed by atoms with Gasteiger partial charge >= 0.3 is 0 Å². The molecular formula is C12H11ClN4O. The summed E-state index contributed by atoms with van der Waals surface area (Å²) in [4.78, 5) is 8.61. The number of rotatable bonds is 3. The quantitative estimate of drug-likeness (QED) is 0.786. The largest absolute Gasteiger partial charge is 0.435 e. The third-order valence-corrected chi connectivity index (χ3v) is 2.83. The molecule has 3 aromatic rings. The van der Waals surface area contributed by atoms with Gasteiger partial charge in [0.05, 0.1) is 6.33 Å². The van der Waals surface area contributed by atoms with E-state index in [2.05, 4.69) is 9.97 Å². The van der Waals surface area contributed by atoms with Crippen molar-refractivity contribution in [3.05, 3.63) is 35.7 Å². The minimum atomic E-state index is 0.489. The molecule has 0 aliphatic heterocycles. The summed E-state index contributed by atoms with van der Waals surface area (Å²) in [7, 11) is 0. The number of nitrogens with two attached hydrogens (primary N) is 1. The third-order valence-electron chi connectivity index (χ3n) is 2.59. The maximum absolute atomic E-state index is 5.90. The first-order chi connectivity index (χ1) is 8.76. The molecule has 0 saturated carbocycles. The molecule has 2 heterocycles. The second kappa shape index (κ2) is 4.44. The first-order valence-corrected chi connectivity index (χ1v) is 5.92. The van der Waals surface area contributed by atoms with Crippen molar-refractivity contribution in [1.82, 2.24) is 14.5 Å². The molecule has 0 unspecified atom stereocenters. The van der Waals surface area contributed by atoms with Crippen molar-refractivity contribution in [2.24, 2.45) is 5.73 Å². The van der Waals surface area contributed by atoms with E-state index in [1.165, 1.54) is 0 Å². The van der Waals surface area contributed by atoms with Crippen LogP contribution in [0.15, 0.2) is 35.1 Å². The van der Waals surface area contributed by atoms with Gasteiger partial charge in [0.1, 0.15) is 11.2 Å². The van der Waals surface area contributed by atoms with Crippen LogP contribution in [0.2, 0.25) is 5.02 Å². The minimum Gasteiger partial charge on any atom is -0.435 e. The molecule has 5 nitrogen and oxygen atoms in total. The van der Waals surface area contributed by atoms with Crippen LogP contribution in [0.4, 0.5) is 0 Å². The number of benzene rings is 1. The lowest BCUT2D eigenvalue weighted by molar-refractivity contribution is 0.617. The van der Waals surface area contributed by atoms with Crippen LogP contribution in [0.5, 0.6) is 0 Å². The van der Waals surface area contributed by atoms with E-state index in [9.17, 15) is 0 Å². The molecule has 0 aliphatic rings. The average Bonchev–Trinajstić information content (AvgIpc) is 2.94. The Morgan fingerprint density at radius 2 is 2.28 bits per heavy atom. The highest BCUT2D eigenvalue weighted by molar-refractivity contribution is 6.31. The lowest BCUT2D eigenvalue weighted by Gasteiger charge is -1.94. The highest BCUT2D eigenvalue weighted by Crippen LogP contribution is 2.25. The molecule has 3 rings (SSSR count). The van der Waals surface area contributed by atoms with E-state index in [1.54, 1.807) is 18.5 Å². The number of hydrogen-bond donors (Lipinski definition) is 1. The number of imidazole rings is 1. The van der Waals surface area contributed by atoms with Crippen molar-refractivity contribution in [1.29, 1.82) is 0 Å². The van der Waals surface area contributed by atoms with Crippen LogP contribution in [-0.4, -0.2) is 21.1 Å². The molecule has 0 radical (unpaired) electrons. The number of fused-ring (bicyclic) bond motifs is 1. The van der Waals surface area contributed by atoms with Gasteiger partial charge in [-0.3, -0.25) is 0 Å². The molecule has 92 valence electrons. The molecule has 18 heavy (non-hydrogen) atoms. The Labute approximate surface area is 108 Å². The molecule has 0 fully saturated rings. The van der Waals surface area contributed by atoms with E-state index < -0.39 is 0 Å². The molecule has 0 spiro atoms. The summed E-state index contributed by atoms with van der Waals surface area (Å²) in [5.74, 6) is 0.489. The summed E-state index contributed by atoms with van der Waals surface area (Å²) in [6.07, 6.45) is 3.57. The van der Waals surface area contributed by atoms with Crippen LogP contribution in [0, 0.1) is 0 Å². The summed E-state index contributed by atoms with van der Waals surface area (Å²) in [5, 5.41) is 0.624. The summed E-state index contributed by atoms with van der Waals surface area (Å²) in [6.45, 7) is 1.29. The van der Waals surface area contributed by atoms with Crippen LogP contribution in [0.1, 0.15) is 0 Å². The van der Waals surface area contributed by atoms with Gasteiger partial charge < -0.3 is 14.7 Å². The lowest BCUT2D eigenvalue weighted by Crippen LogP contribution is -2.07. The van der Waals surface area contributed by atoms with E-state index in [0.717, 1.165) is 12.1 Å². The molecule has 0 atom stereocenters. The van der Waals surface area contributed by atoms with Gasteiger partial charge in [-0.2, -0.15) is 0 Å². The first kappa shape index (κ1) is 11.3. The maximum atomic E-state index is 5.90. The highest BCUT2D eigenvalue weighted by Gasteiger charge is 2.11. The fourth-order valence-electron chi connectivity index (χ4n) is 1.75. The Morgan fingerprint density at radius 3 is 3.11 bits per heavy atom. The van der Waals surface area contributed by atoms with Crippen LogP contribution in [0.25, 0.3) is 22.7 Å². The molecule has 6 heteroatoms. The molecule has 0 amide bonds. The van der Waals surface area contributed by atoms with Gasteiger partial charge in [-0.05, 0) is 12.1 Å². The Bertz CT molecular complexity index is 688. The van der Waals surface area contributed by atoms with Crippen LogP contribution in [0.3, 0.4) is 0 Å². The van der Waals surface area contributed by atoms with Crippen molar-refractivity contribution in [2.75, 3.05) is 6.54 Å². The highest BCUT2D eigenvalue weighted by atomic mass is 35.5. The monoisotopic (exact) mass is 262 g/mol. The SMILES string of the molecule is NCCn1cnc(-c2nc3ccc(Cl)cc3o2)c1. The fourth-order valence-corrected chi connectivity index (χ4v) is 1.91. The van der Waals surface area contributed by atoms with Crippen molar-refractivity contribution in [2.45, 2.75) is 6.54 Å². The van der Waals surface area contributed by atoms with Gasteiger partial charge in [0.15, 0.2) is 5.58 Å². The second-order valence-electron chi connectivity index (χ2n) is 3.92. The summed E-state index contributed by atoms with van der Waals surface area (Å²) in [6, 6.07) is 5.34. The van der Waals surface area contributed by atoms with Gasteiger partial charge in [0, 0.05) is 30.4 Å². The van der Waals surface area contributed by atoms with E-state index >= 15 is 0 Å². The van der Waals surface area contributed by atoms with E-state index in [1.807, 2.05) is 16.8 Å². The topological polar surface area (TPSA) is 69.9 Å². The molecule has 0 saturated heterocycles. The fraction of sp³-hybridized carbons (Fsp3) is 0.167. The van der Waals surface area contributed by atoms with Gasteiger partial charge in [-0.25, -0.2) is 9.97 Å². The first-order valence-electron chi connectivity index (χ1n) is 5.54. The standard InChI is InChI=1S/C12H11ClN4O/c13-8-1-2-9-11(5-8)18-12(16-9)10-6-17(4-3-14)7-15-10/h1-2,5-7H,3-4,14H2. The van der Waals surface area contributed by atoms with Crippen molar-refractivity contribution in [3.8, 4) is 11.6 Å². The summed E-state index contributed by atoms with van der Waals surface area (Å²) >= 11 is 5.90. The predicted molar refractivity (Wildman–Crippen MR) is 69.3 cm³/mol. The van der Waals surface area contributed by atoms with E-state index in [-0.39, 0.29) is 0 Å². The van der Waals surface area contributed by atoms with Gasteiger partial charge in [0.25, 0.3) is 0 Å². The smallest absolute Gasteiger partial charge is 0.247 e. The van der Waals surface area contributed by atoms with E-state index in [0.29, 0.717) is 28.7 Å². The van der Waals surface area contributed by atoms with Crippen molar-refractivity contribution < 1.29 is 4.42 Å². The number of halogens is 1. The molecule has 2 N–H and O–H groups in total. The van der Waals surface area contributed by atoms with Gasteiger partial charge in [-0.15, -0.1) is 0 Å². The Balaban J connectivity index is 2.02. The Kier molecular flexibility index (Phi) is 2.77. The van der Waals surface area contributed by atoms with Gasteiger partial charge in [0.2, 0.25) is 5.89 Å². The normalized spacial score (nSPS) is 11.2. The zero-order valence-electron chi connectivity index (χ0n) is 9.51. The summed E-state index contributed by atoms with van der Waals surface area (Å²) < 4.78 is 7.52. The second-order valence-corrected chi connectivity index (χ2v) is 4.35. The van der Waals surface area contributed by atoms with Crippen molar-refractivity contribution >= 4 is 22.7 Å². The van der Waals surface area contributed by atoms with E-state index in [4.69, 9.17) is 21.8 Å². The van der Waals surface area contributed by atoms with Gasteiger partial charge in [-0.1, -0.05) is 11.6 Å². The Hall–Kier alpha value is -1.85. The average molecular weight is 263 g/mol. The molecule has 1 aromatic carbocycles. The number of hydrogen-bond acceptors (Lipinski definition) is 4. The number of nitrogens with zero attached hydrogens (tertiary/aromatic N) is 3. The molecule has 0 bridgehead atoms. The van der Waals surface area contributed by atoms with Crippen LogP contribution in [-0.2, 0) is 6.54 Å². The molecule has 2 aromatic heterocycles. The maximum Gasteiger partial charge on any atom is 0.247 e.